The second kappa shape index (κ2) is 5.58. The lowest BCUT2D eigenvalue weighted by Crippen LogP contribution is -2.32. The molecule has 1 atom stereocenters. The summed E-state index contributed by atoms with van der Waals surface area (Å²) in [5.74, 6) is -1.19. The molecule has 0 amide bonds. The first kappa shape index (κ1) is 13.4. The number of alkyl halides is 2. The Morgan fingerprint density at radius 2 is 2.18 bits per heavy atom. The normalized spacial score (nSPS) is 12.5. The average Bonchev–Trinajstić information content (AvgIpc) is 2.27. The molecule has 0 aromatic heterocycles. The smallest absolute Gasteiger partial charge is 0.320 e. The van der Waals surface area contributed by atoms with E-state index >= 15 is 0 Å². The fourth-order valence-electron chi connectivity index (χ4n) is 1.52. The molecular weight excluding hydrogens is 232 g/mol. The standard InChI is InChI=1S/C11H13F2NO3/c1-17-8-4-2-3-6(9(8)10(12)13)5-7(14)11(15)16/h2-4,7,10H,5,14H2,1H3,(H,15,16). The minimum Gasteiger partial charge on any atom is -0.496 e. The highest BCUT2D eigenvalue weighted by Crippen LogP contribution is 2.32. The number of carboxylic acids is 1. The van der Waals surface area contributed by atoms with Crippen LogP contribution in [0.2, 0.25) is 0 Å². The number of hydrogen-bond acceptors (Lipinski definition) is 3. The molecule has 0 bridgehead atoms. The third-order valence-electron chi connectivity index (χ3n) is 2.35. The van der Waals surface area contributed by atoms with Gasteiger partial charge in [-0.1, -0.05) is 12.1 Å². The van der Waals surface area contributed by atoms with E-state index in [2.05, 4.69) is 0 Å². The van der Waals surface area contributed by atoms with Crippen molar-refractivity contribution in [2.75, 3.05) is 7.11 Å². The molecule has 1 rings (SSSR count). The largest absolute Gasteiger partial charge is 0.496 e. The molecule has 0 radical (unpaired) electrons. The van der Waals surface area contributed by atoms with Crippen LogP contribution in [0.5, 0.6) is 5.75 Å². The van der Waals surface area contributed by atoms with Gasteiger partial charge in [0.2, 0.25) is 0 Å². The van der Waals surface area contributed by atoms with Crippen LogP contribution in [-0.2, 0) is 11.2 Å². The van der Waals surface area contributed by atoms with Gasteiger partial charge in [-0.2, -0.15) is 0 Å². The zero-order valence-electron chi connectivity index (χ0n) is 9.19. The lowest BCUT2D eigenvalue weighted by Gasteiger charge is -2.14. The zero-order chi connectivity index (χ0) is 13.0. The second-order valence-electron chi connectivity index (χ2n) is 3.48. The van der Waals surface area contributed by atoms with Gasteiger partial charge in [-0.05, 0) is 18.1 Å². The Bertz CT molecular complexity index is 410. The number of halogens is 2. The molecule has 0 spiro atoms. The molecule has 0 aliphatic heterocycles. The molecule has 17 heavy (non-hydrogen) atoms. The molecule has 0 aliphatic rings. The maximum Gasteiger partial charge on any atom is 0.320 e. The van der Waals surface area contributed by atoms with E-state index in [0.717, 1.165) is 0 Å². The Labute approximate surface area is 97.0 Å². The predicted molar refractivity (Wildman–Crippen MR) is 57.3 cm³/mol. The predicted octanol–water partition coefficient (Wildman–Crippen LogP) is 1.59. The van der Waals surface area contributed by atoms with E-state index in [1.54, 1.807) is 0 Å². The van der Waals surface area contributed by atoms with E-state index < -0.39 is 18.4 Å². The summed E-state index contributed by atoms with van der Waals surface area (Å²) in [4.78, 5) is 10.6. The molecule has 1 aromatic rings. The van der Waals surface area contributed by atoms with Gasteiger partial charge in [0.25, 0.3) is 6.43 Å². The number of carboxylic acid groups (broad SMARTS) is 1. The Kier molecular flexibility index (Phi) is 4.39. The number of rotatable bonds is 5. The summed E-state index contributed by atoms with van der Waals surface area (Å²) in [6.45, 7) is 0. The summed E-state index contributed by atoms with van der Waals surface area (Å²) in [5, 5.41) is 8.66. The number of hydrogen-bond donors (Lipinski definition) is 2. The van der Waals surface area contributed by atoms with Gasteiger partial charge in [-0.25, -0.2) is 8.78 Å². The first-order valence-electron chi connectivity index (χ1n) is 4.89. The van der Waals surface area contributed by atoms with Crippen LogP contribution in [0.3, 0.4) is 0 Å². The van der Waals surface area contributed by atoms with Crippen LogP contribution < -0.4 is 10.5 Å². The third-order valence-corrected chi connectivity index (χ3v) is 2.35. The van der Waals surface area contributed by atoms with Crippen LogP contribution in [0.4, 0.5) is 8.78 Å². The van der Waals surface area contributed by atoms with Crippen molar-refractivity contribution in [3.05, 3.63) is 29.3 Å². The first-order valence-corrected chi connectivity index (χ1v) is 4.89. The Balaban J connectivity index is 3.10. The van der Waals surface area contributed by atoms with Gasteiger partial charge in [0, 0.05) is 0 Å². The summed E-state index contributed by atoms with van der Waals surface area (Å²) >= 11 is 0. The molecule has 0 saturated carbocycles. The van der Waals surface area contributed by atoms with Crippen molar-refractivity contribution >= 4 is 5.97 Å². The maximum atomic E-state index is 12.9. The molecule has 6 heteroatoms. The van der Waals surface area contributed by atoms with Crippen LogP contribution in [0, 0.1) is 0 Å². The highest BCUT2D eigenvalue weighted by atomic mass is 19.3. The summed E-state index contributed by atoms with van der Waals surface area (Å²) < 4.78 is 30.5. The minimum absolute atomic E-state index is 0.0371. The van der Waals surface area contributed by atoms with E-state index in [1.807, 2.05) is 0 Å². The van der Waals surface area contributed by atoms with Gasteiger partial charge < -0.3 is 15.6 Å². The van der Waals surface area contributed by atoms with Crippen LogP contribution >= 0.6 is 0 Å². The van der Waals surface area contributed by atoms with E-state index in [1.165, 1.54) is 25.3 Å². The number of nitrogens with two attached hydrogens (primary N) is 1. The van der Waals surface area contributed by atoms with E-state index in [0.29, 0.717) is 0 Å². The van der Waals surface area contributed by atoms with Crippen molar-refractivity contribution in [2.45, 2.75) is 18.9 Å². The minimum atomic E-state index is -2.73. The molecule has 1 unspecified atom stereocenters. The fraction of sp³-hybridized carbons (Fsp3) is 0.364. The van der Waals surface area contributed by atoms with E-state index in [4.69, 9.17) is 15.6 Å². The van der Waals surface area contributed by atoms with Gasteiger partial charge in [0.15, 0.2) is 0 Å². The maximum absolute atomic E-state index is 12.9. The third kappa shape index (κ3) is 3.13. The van der Waals surface area contributed by atoms with Gasteiger partial charge in [0.05, 0.1) is 12.7 Å². The second-order valence-corrected chi connectivity index (χ2v) is 3.48. The summed E-state index contributed by atoms with van der Waals surface area (Å²) in [5.41, 5.74) is 5.21. The molecule has 0 aliphatic carbocycles. The van der Waals surface area contributed by atoms with Crippen molar-refractivity contribution in [3.63, 3.8) is 0 Å². The lowest BCUT2D eigenvalue weighted by atomic mass is 10.00. The molecule has 0 saturated heterocycles. The topological polar surface area (TPSA) is 72.5 Å². The average molecular weight is 245 g/mol. The van der Waals surface area contributed by atoms with Crippen molar-refractivity contribution in [1.82, 2.24) is 0 Å². The molecule has 0 heterocycles. The summed E-state index contributed by atoms with van der Waals surface area (Å²) in [7, 11) is 1.28. The highest BCUT2D eigenvalue weighted by molar-refractivity contribution is 5.73. The van der Waals surface area contributed by atoms with E-state index in [9.17, 15) is 13.6 Å². The van der Waals surface area contributed by atoms with E-state index in [-0.39, 0.29) is 23.3 Å². The number of carbonyl (C=O) groups is 1. The van der Waals surface area contributed by atoms with Gasteiger partial charge in [-0.15, -0.1) is 0 Å². The Hall–Kier alpha value is -1.69. The van der Waals surface area contributed by atoms with Crippen LogP contribution in [0.25, 0.3) is 0 Å². The Morgan fingerprint density at radius 1 is 1.53 bits per heavy atom. The van der Waals surface area contributed by atoms with Crippen molar-refractivity contribution in [1.29, 1.82) is 0 Å². The van der Waals surface area contributed by atoms with Gasteiger partial charge in [0.1, 0.15) is 11.8 Å². The lowest BCUT2D eigenvalue weighted by molar-refractivity contribution is -0.138. The quantitative estimate of drug-likeness (QED) is 0.826. The number of ether oxygens (including phenoxy) is 1. The highest BCUT2D eigenvalue weighted by Gasteiger charge is 2.21. The molecule has 1 aromatic carbocycles. The van der Waals surface area contributed by atoms with Gasteiger partial charge >= 0.3 is 5.97 Å². The van der Waals surface area contributed by atoms with Gasteiger partial charge in [-0.3, -0.25) is 4.79 Å². The van der Waals surface area contributed by atoms with Crippen molar-refractivity contribution < 1.29 is 23.4 Å². The monoisotopic (exact) mass is 245 g/mol. The van der Waals surface area contributed by atoms with Crippen molar-refractivity contribution in [3.8, 4) is 5.75 Å². The van der Waals surface area contributed by atoms with Crippen molar-refractivity contribution in [2.24, 2.45) is 5.73 Å². The molecule has 0 fully saturated rings. The van der Waals surface area contributed by atoms with Crippen LogP contribution in [-0.4, -0.2) is 24.2 Å². The Morgan fingerprint density at radius 3 is 2.65 bits per heavy atom. The molecule has 94 valence electrons. The fourth-order valence-corrected chi connectivity index (χ4v) is 1.52. The number of benzene rings is 1. The van der Waals surface area contributed by atoms with Crippen LogP contribution in [0.1, 0.15) is 17.6 Å². The SMILES string of the molecule is COc1cccc(CC(N)C(=O)O)c1C(F)F. The number of methoxy groups -OCH3 is 1. The first-order chi connectivity index (χ1) is 7.97. The zero-order valence-corrected chi connectivity index (χ0v) is 9.19. The summed E-state index contributed by atoms with van der Waals surface area (Å²) in [6.07, 6.45) is -2.89. The molecule has 3 N–H and O–H groups in total. The number of aliphatic carboxylic acids is 1. The molecular formula is C11H13F2NO3. The van der Waals surface area contributed by atoms with Crippen LogP contribution in [0.15, 0.2) is 18.2 Å². The molecule has 4 nitrogen and oxygen atoms in total. The summed E-state index contributed by atoms with van der Waals surface area (Å²) in [6, 6.07) is 3.14.